The largest absolute Gasteiger partial charge is 0.464 e. The SMILES string of the molecule is CCn1c(-c2cccnc2[C@H](C)OC)c2c3cc(ccc31)-c1csc(n1)C[C@H](NC(=O)C(C(C)C)N(C)C(=O)N(C)C1CN(C(=O)/C=C/C(C)(C)O)C1)C(=O)N1CCC[C@H](N1)C(=O)OCC(C)(C)C2. The van der Waals surface area contributed by atoms with E-state index in [2.05, 4.69) is 60.3 Å². The summed E-state index contributed by atoms with van der Waals surface area (Å²) in [6.45, 7) is 16.8. The summed E-state index contributed by atoms with van der Waals surface area (Å²) in [5, 5.41) is 18.0. The Morgan fingerprint density at radius 3 is 2.57 bits per heavy atom. The summed E-state index contributed by atoms with van der Waals surface area (Å²) in [6.07, 6.45) is 5.88. The number of carbonyl (C=O) groups is 5. The van der Waals surface area contributed by atoms with Crippen molar-refractivity contribution in [1.29, 1.82) is 0 Å². The molecule has 3 aromatic heterocycles. The minimum absolute atomic E-state index is 0.0538. The number of aryl methyl sites for hydroxylation is 1. The summed E-state index contributed by atoms with van der Waals surface area (Å²) < 4.78 is 14.2. The number of likely N-dealkylation sites (tertiary alicyclic amines) is 1. The summed E-state index contributed by atoms with van der Waals surface area (Å²) in [7, 11) is 4.89. The number of cyclic esters (lactones) is 1. The number of thiazole rings is 1. The summed E-state index contributed by atoms with van der Waals surface area (Å²) in [5.74, 6) is -2.05. The minimum atomic E-state index is -1.14. The fourth-order valence-electron chi connectivity index (χ4n) is 9.53. The van der Waals surface area contributed by atoms with Crippen LogP contribution in [0, 0.1) is 11.3 Å². The van der Waals surface area contributed by atoms with Crippen LogP contribution in [0.3, 0.4) is 0 Å². The monoisotopic (exact) mass is 967 g/mol. The van der Waals surface area contributed by atoms with Crippen LogP contribution in [0.2, 0.25) is 0 Å². The molecule has 3 aliphatic rings. The molecule has 17 nitrogen and oxygen atoms in total. The van der Waals surface area contributed by atoms with Crippen LogP contribution in [0.1, 0.15) is 90.6 Å². The van der Waals surface area contributed by atoms with E-state index in [4.69, 9.17) is 19.4 Å². The summed E-state index contributed by atoms with van der Waals surface area (Å²) in [6, 6.07) is 6.79. The highest BCUT2D eigenvalue weighted by Gasteiger charge is 2.41. The van der Waals surface area contributed by atoms with Crippen molar-refractivity contribution in [3.8, 4) is 22.5 Å². The fraction of sp³-hybridized carbons (Fsp3) is 0.549. The van der Waals surface area contributed by atoms with E-state index in [1.54, 1.807) is 46.1 Å². The molecule has 3 aliphatic heterocycles. The molecule has 2 fully saturated rings. The number of hydrogen-bond acceptors (Lipinski definition) is 12. The molecular weight excluding hydrogens is 899 g/mol. The molecule has 69 heavy (non-hydrogen) atoms. The third-order valence-corrected chi connectivity index (χ3v) is 14.3. The van der Waals surface area contributed by atoms with Crippen LogP contribution < -0.4 is 10.7 Å². The lowest BCUT2D eigenvalue weighted by Gasteiger charge is -2.45. The Morgan fingerprint density at radius 1 is 1.14 bits per heavy atom. The van der Waals surface area contributed by atoms with Gasteiger partial charge < -0.3 is 39.2 Å². The third-order valence-electron chi connectivity index (χ3n) is 13.4. The highest BCUT2D eigenvalue weighted by molar-refractivity contribution is 7.10. The van der Waals surface area contributed by atoms with Crippen LogP contribution in [-0.2, 0) is 48.0 Å². The number of carbonyl (C=O) groups excluding carboxylic acids is 5. The van der Waals surface area contributed by atoms with E-state index >= 15 is 0 Å². The lowest BCUT2D eigenvalue weighted by molar-refractivity contribution is -0.155. The zero-order valence-corrected chi connectivity index (χ0v) is 42.7. The molecule has 2 saturated heterocycles. The van der Waals surface area contributed by atoms with Crippen molar-refractivity contribution in [2.45, 2.75) is 123 Å². The maximum absolute atomic E-state index is 14.7. The maximum Gasteiger partial charge on any atom is 0.324 e. The normalized spacial score (nSPS) is 20.1. The van der Waals surface area contributed by atoms with Crippen LogP contribution in [0.5, 0.6) is 0 Å². The van der Waals surface area contributed by atoms with Gasteiger partial charge in [0.1, 0.15) is 18.1 Å². The fourth-order valence-corrected chi connectivity index (χ4v) is 10.4. The van der Waals surface area contributed by atoms with Crippen LogP contribution in [-0.4, -0.2) is 146 Å². The quantitative estimate of drug-likeness (QED) is 0.123. The molecule has 372 valence electrons. The molecule has 4 aromatic rings. The molecule has 18 heteroatoms. The van der Waals surface area contributed by atoms with Gasteiger partial charge in [-0.2, -0.15) is 0 Å². The van der Waals surface area contributed by atoms with Gasteiger partial charge in [-0.1, -0.05) is 33.8 Å². The van der Waals surface area contributed by atoms with Gasteiger partial charge in [-0.05, 0) is 88.8 Å². The molecule has 7 rings (SSSR count). The lowest BCUT2D eigenvalue weighted by atomic mass is 9.84. The smallest absolute Gasteiger partial charge is 0.324 e. The van der Waals surface area contributed by atoms with E-state index in [-0.39, 0.29) is 37.0 Å². The second kappa shape index (κ2) is 20.7. The Hall–Kier alpha value is -5.69. The topological polar surface area (TPSA) is 192 Å². The Morgan fingerprint density at radius 2 is 1.88 bits per heavy atom. The number of ether oxygens (including phenoxy) is 2. The number of nitrogens with one attached hydrogen (secondary N) is 2. The predicted octanol–water partition coefficient (Wildman–Crippen LogP) is 5.75. The Balaban J connectivity index is 1.21. The first-order valence-corrected chi connectivity index (χ1v) is 24.8. The summed E-state index contributed by atoms with van der Waals surface area (Å²) in [5.41, 5.74) is 8.04. The van der Waals surface area contributed by atoms with E-state index in [1.165, 1.54) is 38.3 Å². The number of fused-ring (bicyclic) bond motifs is 6. The number of likely N-dealkylation sites (N-methyl/N-ethyl adjacent to an activating group) is 2. The zero-order chi connectivity index (χ0) is 50.1. The van der Waals surface area contributed by atoms with Crippen molar-refractivity contribution in [3.63, 3.8) is 0 Å². The van der Waals surface area contributed by atoms with Crippen molar-refractivity contribution in [2.24, 2.45) is 11.3 Å². The highest BCUT2D eigenvalue weighted by Crippen LogP contribution is 2.42. The van der Waals surface area contributed by atoms with Gasteiger partial charge in [-0.3, -0.25) is 29.2 Å². The number of nitrogens with zero attached hydrogens (tertiary/aromatic N) is 7. The van der Waals surface area contributed by atoms with E-state index < -0.39 is 53.0 Å². The lowest BCUT2D eigenvalue weighted by Crippen LogP contribution is -2.65. The number of benzene rings is 1. The van der Waals surface area contributed by atoms with Gasteiger partial charge in [0.05, 0.1) is 46.4 Å². The first-order valence-electron chi connectivity index (χ1n) is 23.9. The molecule has 0 aliphatic carbocycles. The number of urea groups is 1. The van der Waals surface area contributed by atoms with Crippen LogP contribution in [0.25, 0.3) is 33.4 Å². The van der Waals surface area contributed by atoms with Crippen molar-refractivity contribution < 1.29 is 38.6 Å². The van der Waals surface area contributed by atoms with Crippen LogP contribution >= 0.6 is 11.3 Å². The number of hydrazine groups is 1. The molecule has 1 unspecified atom stereocenters. The van der Waals surface area contributed by atoms with Crippen molar-refractivity contribution >= 4 is 52.0 Å². The number of amides is 5. The number of pyridine rings is 1. The zero-order valence-electron chi connectivity index (χ0n) is 41.9. The summed E-state index contributed by atoms with van der Waals surface area (Å²) in [4.78, 5) is 84.1. The number of esters is 1. The molecule has 3 N–H and O–H groups in total. The molecule has 4 atom stereocenters. The van der Waals surface area contributed by atoms with Crippen LogP contribution in [0.4, 0.5) is 4.79 Å². The summed E-state index contributed by atoms with van der Waals surface area (Å²) >= 11 is 1.39. The van der Waals surface area contributed by atoms with Gasteiger partial charge in [0, 0.05) is 98.9 Å². The van der Waals surface area contributed by atoms with Crippen molar-refractivity contribution in [3.05, 3.63) is 70.3 Å². The van der Waals surface area contributed by atoms with Gasteiger partial charge in [0.25, 0.3) is 5.91 Å². The maximum atomic E-state index is 14.7. The number of aliphatic hydroxyl groups is 1. The van der Waals surface area contributed by atoms with E-state index in [0.29, 0.717) is 50.4 Å². The molecule has 0 spiro atoms. The average Bonchev–Trinajstić information content (AvgIpc) is 3.89. The second-order valence-corrected chi connectivity index (χ2v) is 21.3. The number of aromatic nitrogens is 3. The average molecular weight is 968 g/mol. The number of rotatable bonds is 11. The second-order valence-electron chi connectivity index (χ2n) is 20.3. The first-order chi connectivity index (χ1) is 32.6. The molecule has 0 radical (unpaired) electrons. The number of methoxy groups -OCH3 is 1. The molecule has 1 aromatic carbocycles. The van der Waals surface area contributed by atoms with Crippen molar-refractivity contribution in [2.75, 3.05) is 47.4 Å². The first kappa shape index (κ1) is 51.2. The molecule has 5 amide bonds. The minimum Gasteiger partial charge on any atom is -0.464 e. The van der Waals surface area contributed by atoms with E-state index in [1.807, 2.05) is 32.2 Å². The Kier molecular flexibility index (Phi) is 15.4. The highest BCUT2D eigenvalue weighted by atomic mass is 32.1. The third kappa shape index (κ3) is 11.2. The molecular formula is C51H69N9O8S. The van der Waals surface area contributed by atoms with Gasteiger partial charge in [0.2, 0.25) is 11.8 Å². The number of hydrogen-bond donors (Lipinski definition) is 3. The standard InChI is InChI=1S/C51H69N9O8S/c1-12-59-40-18-17-32-23-35(40)36(45(59)34-15-13-21-52-43(34)31(4)67-11)25-50(5,6)29-68-48(64)37-16-14-22-60(55-37)47(63)38(24-41-53-39(32)28-69-41)54-46(62)44(30(2)3)57(10)49(65)56(9)33-26-58(27-33)42(61)19-20-51(7,8)66/h13,15,17-21,23,28,30-31,33,37-38,44,55,66H,12,14,16,22,24-27,29H2,1-11H3,(H,54,62)/b20-19+/t31-,37-,38-,44?/m0/s1. The van der Waals surface area contributed by atoms with E-state index in [0.717, 1.165) is 44.7 Å². The van der Waals surface area contributed by atoms with Crippen molar-refractivity contribution in [1.82, 2.24) is 45.0 Å². The van der Waals surface area contributed by atoms with Gasteiger partial charge >= 0.3 is 12.0 Å². The Labute approximate surface area is 409 Å². The van der Waals surface area contributed by atoms with Gasteiger partial charge in [0.15, 0.2) is 0 Å². The van der Waals surface area contributed by atoms with Gasteiger partial charge in [-0.25, -0.2) is 15.2 Å². The molecule has 6 bridgehead atoms. The van der Waals surface area contributed by atoms with Crippen LogP contribution in [0.15, 0.2) is 54.1 Å². The molecule has 0 saturated carbocycles. The predicted molar refractivity (Wildman–Crippen MR) is 265 cm³/mol. The van der Waals surface area contributed by atoms with Gasteiger partial charge in [-0.15, -0.1) is 11.3 Å². The Bertz CT molecular complexity index is 2590. The van der Waals surface area contributed by atoms with E-state index in [9.17, 15) is 29.1 Å². The molecule has 6 heterocycles.